The van der Waals surface area contributed by atoms with Gasteiger partial charge in [0.15, 0.2) is 0 Å². The smallest absolute Gasteiger partial charge is 0.0133 e. The summed E-state index contributed by atoms with van der Waals surface area (Å²) in [5.41, 5.74) is 0. The van der Waals surface area contributed by atoms with Gasteiger partial charge in [-0.15, -0.1) is 0 Å². The molecular formula is C8H13. The molecule has 0 aromatic rings. The van der Waals surface area contributed by atoms with Gasteiger partial charge in [0.25, 0.3) is 0 Å². The predicted molar refractivity (Wildman–Crippen MR) is 38.5 cm³/mol. The Morgan fingerprint density at radius 2 is 1.88 bits per heavy atom. The average molecular weight is 109 g/mol. The highest BCUT2D eigenvalue weighted by molar-refractivity contribution is 4.97. The van der Waals surface area contributed by atoms with E-state index < -0.39 is 0 Å². The molecular weight excluding hydrogens is 96.1 g/mol. The zero-order chi connectivity index (χ0) is 6.24. The number of unbranched alkanes of at least 4 members (excludes halogenated alkanes) is 1. The third kappa shape index (κ3) is 5.48. The van der Waals surface area contributed by atoms with Crippen molar-refractivity contribution in [3.63, 3.8) is 0 Å². The van der Waals surface area contributed by atoms with Crippen molar-refractivity contribution < 1.29 is 0 Å². The van der Waals surface area contributed by atoms with Crippen molar-refractivity contribution in [3.05, 3.63) is 30.7 Å². The Kier molecular flexibility index (Phi) is 6.06. The van der Waals surface area contributed by atoms with E-state index in [-0.39, 0.29) is 0 Å². The van der Waals surface area contributed by atoms with Gasteiger partial charge >= 0.3 is 0 Å². The lowest BCUT2D eigenvalue weighted by atomic mass is 10.3. The minimum atomic E-state index is 1.06. The van der Waals surface area contributed by atoms with E-state index in [1.165, 1.54) is 0 Å². The van der Waals surface area contributed by atoms with Crippen LogP contribution in [0.4, 0.5) is 0 Å². The highest BCUT2D eigenvalue weighted by atomic mass is 13.8. The molecule has 0 aliphatic heterocycles. The molecule has 0 saturated heterocycles. The molecule has 1 radical (unpaired) electrons. The van der Waals surface area contributed by atoms with Gasteiger partial charge in [0.2, 0.25) is 0 Å². The van der Waals surface area contributed by atoms with Crippen LogP contribution in [0.1, 0.15) is 20.3 Å². The van der Waals surface area contributed by atoms with Crippen molar-refractivity contribution in [1.82, 2.24) is 0 Å². The van der Waals surface area contributed by atoms with Gasteiger partial charge in [-0.1, -0.05) is 24.3 Å². The molecule has 0 unspecified atom stereocenters. The van der Waals surface area contributed by atoms with Gasteiger partial charge in [-0.05, 0) is 26.7 Å². The first kappa shape index (κ1) is 7.48. The molecule has 0 spiro atoms. The van der Waals surface area contributed by atoms with Crippen LogP contribution >= 0.6 is 0 Å². The van der Waals surface area contributed by atoms with E-state index >= 15 is 0 Å². The first-order valence-electron chi connectivity index (χ1n) is 2.97. The van der Waals surface area contributed by atoms with Gasteiger partial charge in [-0.25, -0.2) is 0 Å². The summed E-state index contributed by atoms with van der Waals surface area (Å²) < 4.78 is 0. The second-order valence-corrected chi connectivity index (χ2v) is 1.57. The maximum Gasteiger partial charge on any atom is -0.0133 e. The molecule has 0 nitrogen and oxygen atoms in total. The maximum absolute atomic E-state index is 2.12. The van der Waals surface area contributed by atoms with Crippen molar-refractivity contribution in [3.8, 4) is 0 Å². The second kappa shape index (κ2) is 6.48. The van der Waals surface area contributed by atoms with Crippen molar-refractivity contribution in [1.29, 1.82) is 0 Å². The number of rotatable bonds is 3. The molecule has 0 aromatic heterocycles. The summed E-state index contributed by atoms with van der Waals surface area (Å²) in [5, 5.41) is 0. The zero-order valence-electron chi connectivity index (χ0n) is 5.59. The molecule has 0 aliphatic carbocycles. The first-order chi connectivity index (χ1) is 3.91. The van der Waals surface area contributed by atoms with Crippen LogP contribution < -0.4 is 0 Å². The molecule has 0 fully saturated rings. The zero-order valence-corrected chi connectivity index (χ0v) is 5.59. The molecule has 45 valence electrons. The van der Waals surface area contributed by atoms with Crippen LogP contribution in [0.3, 0.4) is 0 Å². The third-order valence-electron chi connectivity index (χ3n) is 0.836. The minimum Gasteiger partial charge on any atom is -0.0916 e. The fourth-order valence-corrected chi connectivity index (χ4v) is 0.429. The summed E-state index contributed by atoms with van der Waals surface area (Å²) >= 11 is 0. The Bertz CT molecular complexity index is 66.0. The molecule has 8 heavy (non-hydrogen) atoms. The lowest BCUT2D eigenvalue weighted by molar-refractivity contribution is 1.28. The van der Waals surface area contributed by atoms with E-state index in [0.717, 1.165) is 6.42 Å². The van der Waals surface area contributed by atoms with E-state index in [0.29, 0.717) is 0 Å². The molecule has 0 saturated carbocycles. The van der Waals surface area contributed by atoms with Crippen LogP contribution in [0, 0.1) is 6.42 Å². The van der Waals surface area contributed by atoms with Gasteiger partial charge in [0.05, 0.1) is 0 Å². The Hall–Kier alpha value is -0.520. The molecule has 0 aliphatic rings. The molecule has 0 heterocycles. The Labute approximate surface area is 51.9 Å². The second-order valence-electron chi connectivity index (χ2n) is 1.57. The standard InChI is InChI=1S/C8H13/c1-3-5-7-8-6-4-2/h3-7H,8H2,1-2H3/b5-3-,6-4+. The highest BCUT2D eigenvalue weighted by Crippen LogP contribution is 1.89. The molecule has 0 amide bonds. The minimum absolute atomic E-state index is 1.06. The summed E-state index contributed by atoms with van der Waals surface area (Å²) in [4.78, 5) is 0. The molecule has 0 heteroatoms. The third-order valence-corrected chi connectivity index (χ3v) is 0.836. The van der Waals surface area contributed by atoms with E-state index in [2.05, 4.69) is 24.6 Å². The van der Waals surface area contributed by atoms with Crippen molar-refractivity contribution in [2.45, 2.75) is 20.3 Å². The fourth-order valence-electron chi connectivity index (χ4n) is 0.429. The van der Waals surface area contributed by atoms with Crippen LogP contribution in [-0.2, 0) is 0 Å². The van der Waals surface area contributed by atoms with Gasteiger partial charge in [0.1, 0.15) is 0 Å². The monoisotopic (exact) mass is 109 g/mol. The lowest BCUT2D eigenvalue weighted by Gasteiger charge is -1.80. The van der Waals surface area contributed by atoms with Gasteiger partial charge in [0, 0.05) is 0 Å². The van der Waals surface area contributed by atoms with Crippen LogP contribution in [0.2, 0.25) is 0 Å². The van der Waals surface area contributed by atoms with Crippen molar-refractivity contribution in [2.24, 2.45) is 0 Å². The molecule has 0 rings (SSSR count). The van der Waals surface area contributed by atoms with Crippen molar-refractivity contribution in [2.75, 3.05) is 0 Å². The van der Waals surface area contributed by atoms with Crippen molar-refractivity contribution >= 4 is 0 Å². The van der Waals surface area contributed by atoms with Gasteiger partial charge in [-0.2, -0.15) is 0 Å². The largest absolute Gasteiger partial charge is 0.0916 e. The lowest BCUT2D eigenvalue weighted by Crippen LogP contribution is -1.62. The van der Waals surface area contributed by atoms with Crippen LogP contribution in [-0.4, -0.2) is 0 Å². The average Bonchev–Trinajstić information content (AvgIpc) is 1.81. The number of hydrogen-bond acceptors (Lipinski definition) is 0. The molecule has 0 bridgehead atoms. The highest BCUT2D eigenvalue weighted by Gasteiger charge is 1.71. The fraction of sp³-hybridized carbons (Fsp3) is 0.375. The summed E-state index contributed by atoms with van der Waals surface area (Å²) in [6.45, 7) is 4.05. The Balaban J connectivity index is 2.93. The molecule has 0 N–H and O–H groups in total. The van der Waals surface area contributed by atoms with Crippen LogP contribution in [0.25, 0.3) is 0 Å². The maximum atomic E-state index is 2.12. The number of allylic oxidation sites excluding steroid dienone is 4. The van der Waals surface area contributed by atoms with Crippen LogP contribution in [0.15, 0.2) is 24.3 Å². The SMILES string of the molecule is C/C=C\[CH]C/C=C/C. The van der Waals surface area contributed by atoms with Crippen LogP contribution in [0.5, 0.6) is 0 Å². The summed E-state index contributed by atoms with van der Waals surface area (Å²) in [7, 11) is 0. The van der Waals surface area contributed by atoms with E-state index in [4.69, 9.17) is 0 Å². The van der Waals surface area contributed by atoms with Gasteiger partial charge in [-0.3, -0.25) is 0 Å². The topological polar surface area (TPSA) is 0 Å². The Morgan fingerprint density at radius 1 is 1.12 bits per heavy atom. The first-order valence-corrected chi connectivity index (χ1v) is 2.97. The van der Waals surface area contributed by atoms with Gasteiger partial charge < -0.3 is 0 Å². The summed E-state index contributed by atoms with van der Waals surface area (Å²) in [6.07, 6.45) is 11.4. The predicted octanol–water partition coefficient (Wildman–Crippen LogP) is 2.73. The molecule has 0 aromatic carbocycles. The number of hydrogen-bond donors (Lipinski definition) is 0. The van der Waals surface area contributed by atoms with E-state index in [1.807, 2.05) is 19.9 Å². The summed E-state index contributed by atoms with van der Waals surface area (Å²) in [6, 6.07) is 0. The van der Waals surface area contributed by atoms with E-state index in [9.17, 15) is 0 Å². The molecule has 0 atom stereocenters. The Morgan fingerprint density at radius 3 is 2.38 bits per heavy atom. The normalized spacial score (nSPS) is 11.8. The van der Waals surface area contributed by atoms with E-state index in [1.54, 1.807) is 0 Å². The quantitative estimate of drug-likeness (QED) is 0.386. The summed E-state index contributed by atoms with van der Waals surface area (Å²) in [5.74, 6) is 0.